The van der Waals surface area contributed by atoms with E-state index in [2.05, 4.69) is 4.98 Å². The van der Waals surface area contributed by atoms with Crippen LogP contribution in [0.25, 0.3) is 10.2 Å². The summed E-state index contributed by atoms with van der Waals surface area (Å²) in [5, 5.41) is 16.6. The van der Waals surface area contributed by atoms with Gasteiger partial charge < -0.3 is 10.2 Å². The minimum absolute atomic E-state index is 0.153. The number of aliphatic carboxylic acids is 2. The van der Waals surface area contributed by atoms with Crippen LogP contribution in [0.3, 0.4) is 0 Å². The number of sulfone groups is 1. The molecular weight excluding hydrogens is 350 g/mol. The quantitative estimate of drug-likeness (QED) is 0.746. The predicted molar refractivity (Wildman–Crippen MR) is 82.3 cm³/mol. The van der Waals surface area contributed by atoms with Crippen molar-refractivity contribution in [3.63, 3.8) is 0 Å². The number of hydrogen-bond donors (Lipinski definition) is 2. The Hall–Kier alpha value is -1.65. The van der Waals surface area contributed by atoms with Gasteiger partial charge in [-0.05, 0) is 18.2 Å². The van der Waals surface area contributed by atoms with Gasteiger partial charge in [-0.25, -0.2) is 13.4 Å². The van der Waals surface area contributed by atoms with Gasteiger partial charge in [-0.15, -0.1) is 11.3 Å². The van der Waals surface area contributed by atoms with Crippen molar-refractivity contribution >= 4 is 55.1 Å². The van der Waals surface area contributed by atoms with Crippen LogP contribution in [-0.4, -0.2) is 47.1 Å². The zero-order valence-corrected chi connectivity index (χ0v) is 13.7. The molecule has 0 aliphatic carbocycles. The summed E-state index contributed by atoms with van der Waals surface area (Å²) in [6.45, 7) is 0. The first kappa shape index (κ1) is 16.7. The van der Waals surface area contributed by atoms with Crippen LogP contribution >= 0.6 is 23.1 Å². The Kier molecular flexibility index (Phi) is 4.73. The second kappa shape index (κ2) is 6.23. The number of fused-ring (bicyclic) bond motifs is 1. The van der Waals surface area contributed by atoms with Crippen molar-refractivity contribution in [3.05, 3.63) is 18.2 Å². The lowest BCUT2D eigenvalue weighted by Crippen LogP contribution is -2.20. The number of benzene rings is 1. The molecule has 0 spiro atoms. The van der Waals surface area contributed by atoms with E-state index in [0.717, 1.165) is 29.4 Å². The molecule has 2 N–H and O–H groups in total. The fourth-order valence-corrected chi connectivity index (χ4v) is 4.61. The number of nitrogens with zero attached hydrogens (tertiary/aromatic N) is 1. The lowest BCUT2D eigenvalue weighted by Gasteiger charge is -2.06. The molecule has 1 heterocycles. The fraction of sp³-hybridized carbons (Fsp3) is 0.250. The first-order valence-electron chi connectivity index (χ1n) is 5.88. The Balaban J connectivity index is 2.33. The standard InChI is InChI=1S/C12H11NO6S3/c1-22(18,19)6-2-3-7-8(4-6)20-12(13-7)21-9(11(16)17)5-10(14)15/h2-4,9H,5H2,1H3,(H,14,15)(H,16,17). The van der Waals surface area contributed by atoms with Crippen LogP contribution in [0.5, 0.6) is 0 Å². The summed E-state index contributed by atoms with van der Waals surface area (Å²) in [6, 6.07) is 4.44. The van der Waals surface area contributed by atoms with Crippen molar-refractivity contribution in [2.75, 3.05) is 6.26 Å². The van der Waals surface area contributed by atoms with Gasteiger partial charge in [0, 0.05) is 6.26 Å². The zero-order chi connectivity index (χ0) is 16.5. The van der Waals surface area contributed by atoms with Crippen LogP contribution in [0.15, 0.2) is 27.4 Å². The van der Waals surface area contributed by atoms with E-state index in [-0.39, 0.29) is 4.90 Å². The Morgan fingerprint density at radius 1 is 1.36 bits per heavy atom. The summed E-state index contributed by atoms with van der Waals surface area (Å²) in [5.41, 5.74) is 0.541. The van der Waals surface area contributed by atoms with Crippen LogP contribution in [0.4, 0.5) is 0 Å². The van der Waals surface area contributed by atoms with Gasteiger partial charge in [0.15, 0.2) is 14.2 Å². The third-order valence-electron chi connectivity index (χ3n) is 2.65. The second-order valence-electron chi connectivity index (χ2n) is 4.42. The van der Waals surface area contributed by atoms with Crippen molar-refractivity contribution in [2.45, 2.75) is 20.9 Å². The number of carboxylic acid groups (broad SMARTS) is 2. The van der Waals surface area contributed by atoms with Crippen molar-refractivity contribution < 1.29 is 28.2 Å². The molecule has 0 fully saturated rings. The lowest BCUT2D eigenvalue weighted by atomic mass is 10.3. The molecule has 0 amide bonds. The maximum Gasteiger partial charge on any atom is 0.317 e. The van der Waals surface area contributed by atoms with Crippen LogP contribution in [0.1, 0.15) is 6.42 Å². The monoisotopic (exact) mass is 361 g/mol. The number of carboxylic acids is 2. The average Bonchev–Trinajstić information content (AvgIpc) is 2.77. The molecule has 2 rings (SSSR count). The summed E-state index contributed by atoms with van der Waals surface area (Å²) in [6.07, 6.45) is 0.572. The molecule has 22 heavy (non-hydrogen) atoms. The van der Waals surface area contributed by atoms with E-state index < -0.39 is 33.4 Å². The first-order valence-corrected chi connectivity index (χ1v) is 9.47. The molecule has 0 saturated heterocycles. The Morgan fingerprint density at radius 2 is 2.05 bits per heavy atom. The van der Waals surface area contributed by atoms with E-state index in [1.165, 1.54) is 12.1 Å². The minimum atomic E-state index is -3.34. The van der Waals surface area contributed by atoms with Gasteiger partial charge in [0.1, 0.15) is 5.25 Å². The van der Waals surface area contributed by atoms with Crippen LogP contribution in [-0.2, 0) is 19.4 Å². The summed E-state index contributed by atoms with van der Waals surface area (Å²) in [7, 11) is -3.34. The number of thioether (sulfide) groups is 1. The van der Waals surface area contributed by atoms with Crippen LogP contribution < -0.4 is 0 Å². The van der Waals surface area contributed by atoms with E-state index in [4.69, 9.17) is 10.2 Å². The minimum Gasteiger partial charge on any atom is -0.481 e. The molecule has 1 unspecified atom stereocenters. The predicted octanol–water partition coefficient (Wildman–Crippen LogP) is 1.72. The lowest BCUT2D eigenvalue weighted by molar-refractivity contribution is -0.142. The largest absolute Gasteiger partial charge is 0.481 e. The Labute approximate surface area is 133 Å². The first-order chi connectivity index (χ1) is 10.2. The number of carbonyl (C=O) groups is 2. The highest BCUT2D eigenvalue weighted by molar-refractivity contribution is 8.02. The summed E-state index contributed by atoms with van der Waals surface area (Å²) >= 11 is 1.97. The van der Waals surface area contributed by atoms with E-state index >= 15 is 0 Å². The van der Waals surface area contributed by atoms with Crippen LogP contribution in [0.2, 0.25) is 0 Å². The molecule has 0 aliphatic rings. The molecule has 7 nitrogen and oxygen atoms in total. The van der Waals surface area contributed by atoms with Crippen LogP contribution in [0, 0.1) is 0 Å². The molecule has 10 heteroatoms. The molecule has 1 atom stereocenters. The molecule has 0 bridgehead atoms. The number of hydrogen-bond acceptors (Lipinski definition) is 7. The molecule has 118 valence electrons. The SMILES string of the molecule is CS(=O)(=O)c1ccc2nc(SC(CC(=O)O)C(=O)O)sc2c1. The highest BCUT2D eigenvalue weighted by Crippen LogP contribution is 2.34. The normalized spacial score (nSPS) is 13.1. The Bertz CT molecular complexity index is 842. The van der Waals surface area contributed by atoms with Gasteiger partial charge in [0.2, 0.25) is 0 Å². The topological polar surface area (TPSA) is 122 Å². The number of aromatic nitrogens is 1. The highest BCUT2D eigenvalue weighted by Gasteiger charge is 2.24. The maximum atomic E-state index is 11.5. The number of rotatable bonds is 6. The van der Waals surface area contributed by atoms with Gasteiger partial charge in [0.25, 0.3) is 0 Å². The number of thiazole rings is 1. The summed E-state index contributed by atoms with van der Waals surface area (Å²) in [5.74, 6) is -2.44. The van der Waals surface area contributed by atoms with Gasteiger partial charge in [0.05, 0.1) is 21.5 Å². The van der Waals surface area contributed by atoms with Crippen molar-refractivity contribution in [3.8, 4) is 0 Å². The second-order valence-corrected chi connectivity index (χ2v) is 8.92. The average molecular weight is 361 g/mol. The highest BCUT2D eigenvalue weighted by atomic mass is 32.2. The molecular formula is C12H11NO6S3. The third kappa shape index (κ3) is 3.96. The molecule has 0 radical (unpaired) electrons. The third-order valence-corrected chi connectivity index (χ3v) is 6.05. The van der Waals surface area contributed by atoms with Gasteiger partial charge >= 0.3 is 11.9 Å². The molecule has 0 aliphatic heterocycles. The smallest absolute Gasteiger partial charge is 0.317 e. The van der Waals surface area contributed by atoms with Gasteiger partial charge in [-0.3, -0.25) is 9.59 Å². The maximum absolute atomic E-state index is 11.5. The molecule has 1 aromatic heterocycles. The van der Waals surface area contributed by atoms with Crippen molar-refractivity contribution in [2.24, 2.45) is 0 Å². The van der Waals surface area contributed by atoms with Crippen molar-refractivity contribution in [1.82, 2.24) is 4.98 Å². The van der Waals surface area contributed by atoms with Gasteiger partial charge in [-0.2, -0.15) is 0 Å². The summed E-state index contributed by atoms with van der Waals surface area (Å²) < 4.78 is 24.0. The van der Waals surface area contributed by atoms with Crippen molar-refractivity contribution in [1.29, 1.82) is 0 Å². The summed E-state index contributed by atoms with van der Waals surface area (Å²) in [4.78, 5) is 26.1. The van der Waals surface area contributed by atoms with E-state index in [0.29, 0.717) is 14.6 Å². The molecule has 2 aromatic rings. The fourth-order valence-electron chi connectivity index (χ4n) is 1.62. The molecule has 0 saturated carbocycles. The zero-order valence-electron chi connectivity index (χ0n) is 11.2. The van der Waals surface area contributed by atoms with Gasteiger partial charge in [-0.1, -0.05) is 11.8 Å². The Morgan fingerprint density at radius 3 is 2.59 bits per heavy atom. The molecule has 1 aromatic carbocycles. The van der Waals surface area contributed by atoms with E-state index in [1.807, 2.05) is 0 Å². The van der Waals surface area contributed by atoms with E-state index in [9.17, 15) is 18.0 Å². The van der Waals surface area contributed by atoms with E-state index in [1.54, 1.807) is 6.07 Å².